The van der Waals surface area contributed by atoms with Gasteiger partial charge in [0.1, 0.15) is 5.82 Å². The van der Waals surface area contributed by atoms with Crippen molar-refractivity contribution < 1.29 is 9.18 Å². The summed E-state index contributed by atoms with van der Waals surface area (Å²) >= 11 is 6.11. The molecule has 0 radical (unpaired) electrons. The number of hydrogen-bond donors (Lipinski definition) is 1. The van der Waals surface area contributed by atoms with Crippen LogP contribution in [0.25, 0.3) is 0 Å². The molecule has 13 heavy (non-hydrogen) atoms. The Morgan fingerprint density at radius 2 is 2.31 bits per heavy atom. The highest BCUT2D eigenvalue weighted by atomic mass is 35.5. The second-order valence-corrected chi connectivity index (χ2v) is 3.61. The molecule has 0 aliphatic carbocycles. The van der Waals surface area contributed by atoms with Crippen molar-refractivity contribution in [1.82, 2.24) is 4.72 Å². The van der Waals surface area contributed by atoms with Gasteiger partial charge >= 0.3 is 5.37 Å². The third-order valence-electron chi connectivity index (χ3n) is 1.38. The Bertz CT molecular complexity index is 332. The van der Waals surface area contributed by atoms with Crippen molar-refractivity contribution in [3.8, 4) is 0 Å². The van der Waals surface area contributed by atoms with E-state index in [1.807, 2.05) is 0 Å². The monoisotopic (exact) mass is 219 g/mol. The van der Waals surface area contributed by atoms with E-state index >= 15 is 0 Å². The molecule has 0 spiro atoms. The van der Waals surface area contributed by atoms with E-state index in [2.05, 4.69) is 4.72 Å². The molecule has 70 valence electrons. The number of carbonyl (C=O) groups is 1. The number of hydrogen-bond acceptors (Lipinski definition) is 2. The number of carbonyl (C=O) groups excluding carboxylic acids is 1. The molecule has 0 heterocycles. The van der Waals surface area contributed by atoms with Crippen molar-refractivity contribution in [2.75, 3.05) is 0 Å². The molecule has 1 N–H and O–H groups in total. The summed E-state index contributed by atoms with van der Waals surface area (Å²) < 4.78 is 15.1. The second-order valence-electron chi connectivity index (χ2n) is 2.39. The van der Waals surface area contributed by atoms with Gasteiger partial charge in [-0.25, -0.2) is 4.39 Å². The zero-order valence-corrected chi connectivity index (χ0v) is 8.38. The molecule has 0 saturated heterocycles. The summed E-state index contributed by atoms with van der Waals surface area (Å²) in [4.78, 5) is 11.1. The number of benzene rings is 1. The van der Waals surface area contributed by atoms with Crippen molar-refractivity contribution in [1.29, 1.82) is 0 Å². The number of halogens is 2. The number of rotatable bonds is 2. The summed E-state index contributed by atoms with van der Waals surface area (Å²) in [6.07, 6.45) is 0. The zero-order valence-electron chi connectivity index (χ0n) is 6.80. The van der Waals surface area contributed by atoms with E-state index in [4.69, 9.17) is 11.6 Å². The fourth-order valence-electron chi connectivity index (χ4n) is 0.780. The van der Waals surface area contributed by atoms with Crippen LogP contribution in [0.5, 0.6) is 0 Å². The van der Waals surface area contributed by atoms with Gasteiger partial charge in [0.05, 0.1) is 0 Å². The molecule has 0 aliphatic heterocycles. The summed E-state index contributed by atoms with van der Waals surface area (Å²) in [6.45, 7) is 1.65. The highest BCUT2D eigenvalue weighted by Crippen LogP contribution is 2.18. The van der Waals surface area contributed by atoms with Crippen LogP contribution in [0.2, 0.25) is 0 Å². The smallest absolute Gasteiger partial charge is 0.282 e. The predicted octanol–water partition coefficient (Wildman–Crippen LogP) is 3.09. The number of amides is 1. The summed E-state index contributed by atoms with van der Waals surface area (Å²) in [7, 11) is 0. The lowest BCUT2D eigenvalue weighted by Crippen LogP contribution is -2.04. The highest BCUT2D eigenvalue weighted by molar-refractivity contribution is 7.98. The Morgan fingerprint density at radius 1 is 1.62 bits per heavy atom. The summed E-state index contributed by atoms with van der Waals surface area (Å²) in [5, 5.41) is -0.646. The Hall–Kier alpha value is -0.740. The minimum absolute atomic E-state index is 0.262. The second kappa shape index (κ2) is 4.48. The van der Waals surface area contributed by atoms with Gasteiger partial charge in [0.2, 0.25) is 0 Å². The van der Waals surface area contributed by atoms with E-state index in [0.29, 0.717) is 5.56 Å². The van der Waals surface area contributed by atoms with Gasteiger partial charge in [-0.1, -0.05) is 0 Å². The van der Waals surface area contributed by atoms with Crippen LogP contribution in [-0.2, 0) is 0 Å². The normalized spacial score (nSPS) is 9.77. The Balaban J connectivity index is 2.68. The van der Waals surface area contributed by atoms with Gasteiger partial charge in [-0.15, -0.1) is 0 Å². The zero-order chi connectivity index (χ0) is 9.84. The molecule has 1 aromatic carbocycles. The average molecular weight is 220 g/mol. The van der Waals surface area contributed by atoms with E-state index in [1.54, 1.807) is 19.1 Å². The van der Waals surface area contributed by atoms with Gasteiger partial charge in [0, 0.05) is 4.90 Å². The fourth-order valence-corrected chi connectivity index (χ4v) is 1.47. The van der Waals surface area contributed by atoms with Crippen LogP contribution in [0.1, 0.15) is 5.56 Å². The van der Waals surface area contributed by atoms with Crippen LogP contribution in [0, 0.1) is 12.7 Å². The quantitative estimate of drug-likeness (QED) is 0.471. The first-order valence-corrected chi connectivity index (χ1v) is 4.67. The van der Waals surface area contributed by atoms with Crippen molar-refractivity contribution in [3.05, 3.63) is 29.6 Å². The maximum atomic E-state index is 12.8. The van der Waals surface area contributed by atoms with Gasteiger partial charge in [-0.2, -0.15) is 0 Å². The standard InChI is InChI=1S/C8H7ClFNOS/c1-5-4-6(2-3-7(5)10)13-11-8(9)12/h2-4H,1H3,(H,11,12). The lowest BCUT2D eigenvalue weighted by atomic mass is 10.2. The molecule has 0 saturated carbocycles. The topological polar surface area (TPSA) is 29.1 Å². The van der Waals surface area contributed by atoms with E-state index in [9.17, 15) is 9.18 Å². The van der Waals surface area contributed by atoms with Crippen LogP contribution in [0.15, 0.2) is 23.1 Å². The Kier molecular flexibility index (Phi) is 3.57. The fraction of sp³-hybridized carbons (Fsp3) is 0.125. The van der Waals surface area contributed by atoms with Crippen LogP contribution >= 0.6 is 23.5 Å². The molecule has 0 aliphatic rings. The van der Waals surface area contributed by atoms with Gasteiger partial charge < -0.3 is 0 Å². The molecular weight excluding hydrogens is 213 g/mol. The van der Waals surface area contributed by atoms with Gasteiger partial charge in [-0.3, -0.25) is 9.52 Å². The number of nitrogens with one attached hydrogen (secondary N) is 1. The van der Waals surface area contributed by atoms with E-state index in [-0.39, 0.29) is 5.82 Å². The summed E-state index contributed by atoms with van der Waals surface area (Å²) in [6, 6.07) is 4.55. The van der Waals surface area contributed by atoms with Gasteiger partial charge in [0.25, 0.3) is 0 Å². The predicted molar refractivity (Wildman–Crippen MR) is 51.4 cm³/mol. The van der Waals surface area contributed by atoms with Crippen LogP contribution < -0.4 is 4.72 Å². The van der Waals surface area contributed by atoms with Gasteiger partial charge in [0.15, 0.2) is 0 Å². The maximum absolute atomic E-state index is 12.8. The third kappa shape index (κ3) is 3.24. The minimum Gasteiger partial charge on any atom is -0.282 e. The third-order valence-corrected chi connectivity index (χ3v) is 2.36. The molecular formula is C8H7ClFNOS. The minimum atomic E-state index is -0.646. The first kappa shape index (κ1) is 10.3. The van der Waals surface area contributed by atoms with Gasteiger partial charge in [-0.05, 0) is 54.2 Å². The lowest BCUT2D eigenvalue weighted by Gasteiger charge is -2.01. The average Bonchev–Trinajstić information content (AvgIpc) is 2.07. The molecule has 2 nitrogen and oxygen atoms in total. The molecule has 0 fully saturated rings. The molecule has 0 bridgehead atoms. The van der Waals surface area contributed by atoms with Crippen molar-refractivity contribution in [2.45, 2.75) is 11.8 Å². The molecule has 1 rings (SSSR count). The van der Waals surface area contributed by atoms with E-state index in [1.165, 1.54) is 6.07 Å². The molecule has 0 atom stereocenters. The van der Waals surface area contributed by atoms with Crippen molar-refractivity contribution in [2.24, 2.45) is 0 Å². The van der Waals surface area contributed by atoms with E-state index < -0.39 is 5.37 Å². The first-order valence-electron chi connectivity index (χ1n) is 3.48. The first-order chi connectivity index (χ1) is 6.09. The Morgan fingerprint density at radius 3 is 2.85 bits per heavy atom. The van der Waals surface area contributed by atoms with Crippen molar-refractivity contribution in [3.63, 3.8) is 0 Å². The maximum Gasteiger partial charge on any atom is 0.323 e. The van der Waals surface area contributed by atoms with Crippen molar-refractivity contribution >= 4 is 28.9 Å². The van der Waals surface area contributed by atoms with Crippen LogP contribution in [0.4, 0.5) is 9.18 Å². The lowest BCUT2D eigenvalue weighted by molar-refractivity contribution is 0.264. The molecule has 1 aromatic rings. The Labute approximate surface area is 84.6 Å². The van der Waals surface area contributed by atoms with Crippen LogP contribution in [0.3, 0.4) is 0 Å². The number of aryl methyl sites for hydroxylation is 1. The SMILES string of the molecule is Cc1cc(SNC(=O)Cl)ccc1F. The molecule has 5 heteroatoms. The molecule has 0 unspecified atom stereocenters. The molecule has 1 amide bonds. The molecule has 0 aromatic heterocycles. The summed E-state index contributed by atoms with van der Waals surface area (Å²) in [5.74, 6) is -0.262. The van der Waals surface area contributed by atoms with Crippen LogP contribution in [-0.4, -0.2) is 5.37 Å². The summed E-state index contributed by atoms with van der Waals surface area (Å²) in [5.41, 5.74) is 0.536. The largest absolute Gasteiger partial charge is 0.323 e. The highest BCUT2D eigenvalue weighted by Gasteiger charge is 2.00. The van der Waals surface area contributed by atoms with E-state index in [0.717, 1.165) is 16.8 Å².